The summed E-state index contributed by atoms with van der Waals surface area (Å²) in [6, 6.07) is 7.35. The Kier molecular flexibility index (Phi) is 7.13. The van der Waals surface area contributed by atoms with Crippen molar-refractivity contribution in [2.24, 2.45) is 0 Å². The third-order valence-corrected chi connectivity index (χ3v) is 6.12. The van der Waals surface area contributed by atoms with Gasteiger partial charge in [-0.1, -0.05) is 12.1 Å². The van der Waals surface area contributed by atoms with Crippen LogP contribution >= 0.6 is 11.8 Å². The molecular formula is C19H24FN3O4S. The van der Waals surface area contributed by atoms with Crippen molar-refractivity contribution < 1.29 is 23.8 Å². The number of benzene rings is 1. The Balaban J connectivity index is 2.15. The molecule has 7 nitrogen and oxygen atoms in total. The van der Waals surface area contributed by atoms with Gasteiger partial charge in [0.05, 0.1) is 19.7 Å². The number of rotatable bonds is 7. The molecule has 1 aliphatic rings. The summed E-state index contributed by atoms with van der Waals surface area (Å²) < 4.78 is 18.0. The van der Waals surface area contributed by atoms with Crippen LogP contribution in [0, 0.1) is 11.3 Å². The first-order chi connectivity index (χ1) is 13.2. The number of thioether (sulfide) groups is 1. The number of carbonyl (C=O) groups excluding carboxylic acids is 1. The Morgan fingerprint density at radius 1 is 1.46 bits per heavy atom. The van der Waals surface area contributed by atoms with Gasteiger partial charge in [0.1, 0.15) is 24.0 Å². The molecule has 1 aromatic carbocycles. The van der Waals surface area contributed by atoms with E-state index in [1.807, 2.05) is 30.3 Å². The van der Waals surface area contributed by atoms with Crippen LogP contribution in [0.5, 0.6) is 5.75 Å². The number of likely N-dealkylation sites (tertiary alicyclic amines) is 1. The lowest BCUT2D eigenvalue weighted by Crippen LogP contribution is -2.58. The maximum Gasteiger partial charge on any atom is 0.405 e. The number of nitrogens with zero attached hydrogens (tertiary/aromatic N) is 2. The Hall–Kier alpha value is -2.47. The lowest BCUT2D eigenvalue weighted by molar-refractivity contribution is -0.134. The van der Waals surface area contributed by atoms with E-state index in [1.54, 1.807) is 21.0 Å². The summed E-state index contributed by atoms with van der Waals surface area (Å²) in [6.45, 7) is 3.31. The summed E-state index contributed by atoms with van der Waals surface area (Å²) in [5.41, 5.74) is 0.986. The molecule has 3 atom stereocenters. The number of ether oxygens (including phenoxy) is 1. The van der Waals surface area contributed by atoms with Crippen molar-refractivity contribution in [1.82, 2.24) is 10.2 Å². The van der Waals surface area contributed by atoms with Crippen molar-refractivity contribution in [2.45, 2.75) is 49.0 Å². The fourth-order valence-corrected chi connectivity index (χ4v) is 4.10. The second kappa shape index (κ2) is 9.15. The van der Waals surface area contributed by atoms with E-state index in [4.69, 9.17) is 4.74 Å². The molecule has 0 bridgehead atoms. The first-order valence-corrected chi connectivity index (χ1v) is 9.77. The van der Waals surface area contributed by atoms with Crippen LogP contribution in [0.2, 0.25) is 0 Å². The topological polar surface area (TPSA) is 103 Å². The zero-order valence-corrected chi connectivity index (χ0v) is 16.8. The standard InChI is InChI=1S/C19H24FN3O4S/c1-19(2,28-11-12-4-6-15(27-3)7-5-12)16(22-18(25)26)17(24)23-10-13(20)8-14(23)9-21/h4-7,13-14,16,22H,8,10-11H2,1-3H3,(H,25,26)/t13-,14-,16?/m0/s1. The number of nitriles is 1. The maximum atomic E-state index is 13.7. The summed E-state index contributed by atoms with van der Waals surface area (Å²) in [5, 5.41) is 20.7. The minimum Gasteiger partial charge on any atom is -0.497 e. The highest BCUT2D eigenvalue weighted by atomic mass is 32.2. The number of hydrogen-bond donors (Lipinski definition) is 2. The third kappa shape index (κ3) is 5.29. The Morgan fingerprint density at radius 2 is 2.11 bits per heavy atom. The van der Waals surface area contributed by atoms with Gasteiger partial charge >= 0.3 is 6.09 Å². The van der Waals surface area contributed by atoms with Crippen molar-refractivity contribution in [3.05, 3.63) is 29.8 Å². The quantitative estimate of drug-likeness (QED) is 0.718. The number of amides is 2. The Morgan fingerprint density at radius 3 is 2.64 bits per heavy atom. The monoisotopic (exact) mass is 409 g/mol. The zero-order valence-electron chi connectivity index (χ0n) is 16.0. The predicted octanol–water partition coefficient (Wildman–Crippen LogP) is 2.81. The van der Waals surface area contributed by atoms with Crippen molar-refractivity contribution in [3.8, 4) is 11.8 Å². The van der Waals surface area contributed by atoms with Gasteiger partial charge in [-0.05, 0) is 31.5 Å². The second-order valence-corrected chi connectivity index (χ2v) is 8.72. The zero-order chi connectivity index (χ0) is 20.9. The molecule has 9 heteroatoms. The lowest BCUT2D eigenvalue weighted by atomic mass is 10.0. The minimum atomic E-state index is -1.35. The smallest absolute Gasteiger partial charge is 0.405 e. The van der Waals surface area contributed by atoms with Gasteiger partial charge in [0.15, 0.2) is 0 Å². The van der Waals surface area contributed by atoms with Gasteiger partial charge in [0.2, 0.25) is 5.91 Å². The highest BCUT2D eigenvalue weighted by Gasteiger charge is 2.44. The first kappa shape index (κ1) is 21.8. The Labute approximate surface area is 167 Å². The fraction of sp³-hybridized carbons (Fsp3) is 0.526. The van der Waals surface area contributed by atoms with Crippen LogP contribution in [0.1, 0.15) is 25.8 Å². The van der Waals surface area contributed by atoms with E-state index >= 15 is 0 Å². The van der Waals surface area contributed by atoms with Crippen LogP contribution in [0.15, 0.2) is 24.3 Å². The van der Waals surface area contributed by atoms with E-state index in [-0.39, 0.29) is 13.0 Å². The molecule has 1 unspecified atom stereocenters. The molecule has 1 fully saturated rings. The van der Waals surface area contributed by atoms with Gasteiger partial charge < -0.3 is 20.1 Å². The predicted molar refractivity (Wildman–Crippen MR) is 104 cm³/mol. The number of alkyl halides is 1. The van der Waals surface area contributed by atoms with E-state index < -0.39 is 35.0 Å². The molecule has 0 spiro atoms. The van der Waals surface area contributed by atoms with Gasteiger partial charge in [0.25, 0.3) is 0 Å². The van der Waals surface area contributed by atoms with Gasteiger partial charge in [-0.15, -0.1) is 11.8 Å². The van der Waals surface area contributed by atoms with Gasteiger partial charge in [-0.2, -0.15) is 5.26 Å². The van der Waals surface area contributed by atoms with E-state index in [2.05, 4.69) is 5.32 Å². The van der Waals surface area contributed by atoms with E-state index in [0.717, 1.165) is 16.2 Å². The molecule has 2 N–H and O–H groups in total. The molecule has 0 aromatic heterocycles. The SMILES string of the molecule is COc1ccc(CSC(C)(C)C(NC(=O)O)C(=O)N2C[C@@H](F)C[C@H]2C#N)cc1. The van der Waals surface area contributed by atoms with Crippen molar-refractivity contribution in [2.75, 3.05) is 13.7 Å². The highest BCUT2D eigenvalue weighted by Crippen LogP contribution is 2.34. The van der Waals surface area contributed by atoms with Crippen LogP contribution in [0.4, 0.5) is 9.18 Å². The van der Waals surface area contributed by atoms with Gasteiger partial charge in [-0.25, -0.2) is 9.18 Å². The van der Waals surface area contributed by atoms with Gasteiger partial charge in [-0.3, -0.25) is 4.79 Å². The summed E-state index contributed by atoms with van der Waals surface area (Å²) in [6.07, 6.45) is -2.68. The summed E-state index contributed by atoms with van der Waals surface area (Å²) in [7, 11) is 1.58. The first-order valence-electron chi connectivity index (χ1n) is 8.78. The third-order valence-electron chi connectivity index (χ3n) is 4.66. The number of nitrogens with one attached hydrogen (secondary N) is 1. The van der Waals surface area contributed by atoms with Crippen LogP contribution < -0.4 is 10.1 Å². The van der Waals surface area contributed by atoms with E-state index in [9.17, 15) is 24.3 Å². The van der Waals surface area contributed by atoms with E-state index in [0.29, 0.717) is 5.75 Å². The molecule has 2 rings (SSSR count). The average molecular weight is 409 g/mol. The number of methoxy groups -OCH3 is 1. The summed E-state index contributed by atoms with van der Waals surface area (Å²) >= 11 is 1.40. The fourth-order valence-electron chi connectivity index (χ4n) is 3.05. The van der Waals surface area contributed by atoms with Crippen LogP contribution in [0.25, 0.3) is 0 Å². The molecule has 0 radical (unpaired) electrons. The molecule has 1 aliphatic heterocycles. The molecule has 0 aliphatic carbocycles. The molecule has 2 amide bonds. The van der Waals surface area contributed by atoms with Gasteiger partial charge in [0, 0.05) is 16.9 Å². The number of halogens is 1. The average Bonchev–Trinajstić information content (AvgIpc) is 3.05. The molecule has 0 saturated carbocycles. The van der Waals surface area contributed by atoms with Crippen LogP contribution in [0.3, 0.4) is 0 Å². The molecule has 28 heavy (non-hydrogen) atoms. The largest absolute Gasteiger partial charge is 0.497 e. The number of hydrogen-bond acceptors (Lipinski definition) is 5. The summed E-state index contributed by atoms with van der Waals surface area (Å²) in [5.74, 6) is 0.683. The summed E-state index contributed by atoms with van der Waals surface area (Å²) in [4.78, 5) is 25.4. The minimum absolute atomic E-state index is 0.0541. The van der Waals surface area contributed by atoms with E-state index in [1.165, 1.54) is 11.8 Å². The van der Waals surface area contributed by atoms with Crippen molar-refractivity contribution in [3.63, 3.8) is 0 Å². The Bertz CT molecular complexity index is 751. The van der Waals surface area contributed by atoms with Crippen molar-refractivity contribution >= 4 is 23.8 Å². The molecule has 1 aromatic rings. The number of carboxylic acid groups (broad SMARTS) is 1. The van der Waals surface area contributed by atoms with Crippen molar-refractivity contribution in [1.29, 1.82) is 5.26 Å². The maximum absolute atomic E-state index is 13.7. The van der Waals surface area contributed by atoms with Crippen LogP contribution in [-0.4, -0.2) is 58.7 Å². The molecule has 152 valence electrons. The number of carbonyl (C=O) groups is 2. The van der Waals surface area contributed by atoms with Crippen LogP contribution in [-0.2, 0) is 10.5 Å². The highest BCUT2D eigenvalue weighted by molar-refractivity contribution is 7.99. The molecular weight excluding hydrogens is 385 g/mol. The molecule has 1 heterocycles. The molecule has 1 saturated heterocycles. The second-order valence-electron chi connectivity index (χ2n) is 7.09. The lowest BCUT2D eigenvalue weighted by Gasteiger charge is -2.35. The normalized spacial score (nSPS) is 20.3.